The van der Waals surface area contributed by atoms with Crippen LogP contribution in [0.1, 0.15) is 19.8 Å². The molecule has 62 valence electrons. The Morgan fingerprint density at radius 1 is 1.60 bits per heavy atom. The van der Waals surface area contributed by atoms with E-state index in [2.05, 4.69) is 0 Å². The highest BCUT2D eigenvalue weighted by Gasteiger charge is 2.22. The average Bonchev–Trinajstić information content (AvgIpc) is 1.89. The summed E-state index contributed by atoms with van der Waals surface area (Å²) in [6.07, 6.45) is 1.30. The Morgan fingerprint density at radius 2 is 2.20 bits per heavy atom. The second-order valence-electron chi connectivity index (χ2n) is 2.55. The molecule has 0 spiro atoms. The lowest BCUT2D eigenvalue weighted by molar-refractivity contribution is -0.0378. The Kier molecular flexibility index (Phi) is 4.60. The van der Waals surface area contributed by atoms with Gasteiger partial charge < -0.3 is 15.6 Å². The first-order chi connectivity index (χ1) is 4.68. The normalized spacial score (nSPS) is 16.8. The van der Waals surface area contributed by atoms with E-state index in [0.717, 1.165) is 0 Å². The van der Waals surface area contributed by atoms with E-state index >= 15 is 0 Å². The number of nitrogens with two attached hydrogens (primary N) is 1. The Balaban J connectivity index is 3.69. The van der Waals surface area contributed by atoms with Crippen LogP contribution in [-0.2, 0) is 4.74 Å². The molecule has 1 atom stereocenters. The summed E-state index contributed by atoms with van der Waals surface area (Å²) in [5, 5.41) is 9.62. The van der Waals surface area contributed by atoms with Crippen LogP contribution in [0.25, 0.3) is 0 Å². The highest BCUT2D eigenvalue weighted by molar-refractivity contribution is 4.76. The summed E-state index contributed by atoms with van der Waals surface area (Å²) >= 11 is 0. The van der Waals surface area contributed by atoms with Crippen LogP contribution in [0.2, 0.25) is 0 Å². The molecule has 0 heterocycles. The maximum Gasteiger partial charge on any atom is 0.0889 e. The summed E-state index contributed by atoms with van der Waals surface area (Å²) in [5.74, 6) is 0. The fraction of sp³-hybridized carbons (Fsp3) is 1.00. The number of rotatable bonds is 5. The van der Waals surface area contributed by atoms with E-state index in [9.17, 15) is 5.11 Å². The van der Waals surface area contributed by atoms with Crippen molar-refractivity contribution in [2.75, 3.05) is 20.3 Å². The third-order valence-electron chi connectivity index (χ3n) is 1.68. The summed E-state index contributed by atoms with van der Waals surface area (Å²) in [7, 11) is 1.58. The number of hydrogen-bond acceptors (Lipinski definition) is 3. The minimum atomic E-state index is -0.705. The molecule has 0 bridgehead atoms. The molecule has 0 aliphatic carbocycles. The lowest BCUT2D eigenvalue weighted by atomic mass is 9.98. The largest absolute Gasteiger partial charge is 0.387 e. The van der Waals surface area contributed by atoms with Gasteiger partial charge in [-0.3, -0.25) is 0 Å². The van der Waals surface area contributed by atoms with Crippen molar-refractivity contribution in [2.45, 2.75) is 25.4 Å². The first-order valence-electron chi connectivity index (χ1n) is 3.60. The molecule has 0 aromatic carbocycles. The van der Waals surface area contributed by atoms with Crippen LogP contribution < -0.4 is 5.73 Å². The van der Waals surface area contributed by atoms with Crippen LogP contribution in [-0.4, -0.2) is 31.0 Å². The molecule has 0 saturated carbocycles. The molecule has 1 unspecified atom stereocenters. The first-order valence-corrected chi connectivity index (χ1v) is 3.60. The van der Waals surface area contributed by atoms with Crippen molar-refractivity contribution in [1.29, 1.82) is 0 Å². The molecule has 3 N–H and O–H groups in total. The molecule has 0 rings (SSSR count). The third-order valence-corrected chi connectivity index (χ3v) is 1.68. The van der Waals surface area contributed by atoms with Gasteiger partial charge in [0.1, 0.15) is 0 Å². The highest BCUT2D eigenvalue weighted by atomic mass is 16.5. The van der Waals surface area contributed by atoms with Gasteiger partial charge in [-0.15, -0.1) is 0 Å². The van der Waals surface area contributed by atoms with Gasteiger partial charge in [0.15, 0.2) is 0 Å². The van der Waals surface area contributed by atoms with E-state index in [0.29, 0.717) is 26.0 Å². The highest BCUT2D eigenvalue weighted by Crippen LogP contribution is 2.13. The summed E-state index contributed by atoms with van der Waals surface area (Å²) in [6.45, 7) is 2.81. The molecule has 3 heteroatoms. The SMILES string of the molecule is CCC(O)(CCN)COC. The topological polar surface area (TPSA) is 55.5 Å². The molecular weight excluding hydrogens is 130 g/mol. The molecule has 3 nitrogen and oxygen atoms in total. The zero-order chi connectivity index (χ0) is 8.04. The van der Waals surface area contributed by atoms with Crippen LogP contribution in [0, 0.1) is 0 Å². The Bertz CT molecular complexity index is 79.7. The Labute approximate surface area is 62.2 Å². The third kappa shape index (κ3) is 3.15. The zero-order valence-electron chi connectivity index (χ0n) is 6.76. The van der Waals surface area contributed by atoms with Crippen molar-refractivity contribution >= 4 is 0 Å². The number of hydrogen-bond donors (Lipinski definition) is 2. The smallest absolute Gasteiger partial charge is 0.0889 e. The van der Waals surface area contributed by atoms with Gasteiger partial charge in [-0.05, 0) is 19.4 Å². The quantitative estimate of drug-likeness (QED) is 0.581. The number of aliphatic hydroxyl groups is 1. The van der Waals surface area contributed by atoms with Gasteiger partial charge in [0.05, 0.1) is 12.2 Å². The molecule has 0 aromatic heterocycles. The van der Waals surface area contributed by atoms with Gasteiger partial charge in [0.2, 0.25) is 0 Å². The summed E-state index contributed by atoms with van der Waals surface area (Å²) in [6, 6.07) is 0. The van der Waals surface area contributed by atoms with Crippen LogP contribution >= 0.6 is 0 Å². The van der Waals surface area contributed by atoms with Crippen LogP contribution in [0.15, 0.2) is 0 Å². The summed E-state index contributed by atoms with van der Waals surface area (Å²) < 4.78 is 4.84. The maximum atomic E-state index is 9.62. The van der Waals surface area contributed by atoms with Gasteiger partial charge in [-0.1, -0.05) is 6.92 Å². The predicted octanol–water partition coefficient (Wildman–Crippen LogP) is 0.123. The van der Waals surface area contributed by atoms with Crippen molar-refractivity contribution in [3.8, 4) is 0 Å². The van der Waals surface area contributed by atoms with Gasteiger partial charge in [-0.25, -0.2) is 0 Å². The lowest BCUT2D eigenvalue weighted by Gasteiger charge is -2.24. The molecule has 0 aliphatic heterocycles. The van der Waals surface area contributed by atoms with E-state index in [1.165, 1.54) is 0 Å². The van der Waals surface area contributed by atoms with Gasteiger partial charge in [-0.2, -0.15) is 0 Å². The van der Waals surface area contributed by atoms with Crippen molar-refractivity contribution in [3.63, 3.8) is 0 Å². The van der Waals surface area contributed by atoms with Gasteiger partial charge in [0.25, 0.3) is 0 Å². The Hall–Kier alpha value is -0.120. The van der Waals surface area contributed by atoms with E-state index < -0.39 is 5.60 Å². The van der Waals surface area contributed by atoms with Crippen LogP contribution in [0.5, 0.6) is 0 Å². The Morgan fingerprint density at radius 3 is 2.50 bits per heavy atom. The number of ether oxygens (including phenoxy) is 1. The standard InChI is InChI=1S/C7H17NO2/c1-3-7(9,4-5-8)6-10-2/h9H,3-6,8H2,1-2H3. The average molecular weight is 147 g/mol. The van der Waals surface area contributed by atoms with Crippen molar-refractivity contribution in [1.82, 2.24) is 0 Å². The van der Waals surface area contributed by atoms with Gasteiger partial charge in [0, 0.05) is 7.11 Å². The minimum Gasteiger partial charge on any atom is -0.387 e. The first kappa shape index (κ1) is 9.88. The van der Waals surface area contributed by atoms with Crippen molar-refractivity contribution in [2.24, 2.45) is 5.73 Å². The summed E-state index contributed by atoms with van der Waals surface area (Å²) in [4.78, 5) is 0. The zero-order valence-corrected chi connectivity index (χ0v) is 6.76. The molecule has 0 aliphatic rings. The van der Waals surface area contributed by atoms with Crippen LogP contribution in [0.3, 0.4) is 0 Å². The molecule has 0 amide bonds. The fourth-order valence-corrected chi connectivity index (χ4v) is 0.888. The second kappa shape index (κ2) is 4.66. The van der Waals surface area contributed by atoms with Crippen molar-refractivity contribution in [3.05, 3.63) is 0 Å². The minimum absolute atomic E-state index is 0.376. The fourth-order valence-electron chi connectivity index (χ4n) is 0.888. The van der Waals surface area contributed by atoms with E-state index in [1.807, 2.05) is 6.92 Å². The summed E-state index contributed by atoms with van der Waals surface area (Å²) in [5.41, 5.74) is 4.60. The van der Waals surface area contributed by atoms with Crippen LogP contribution in [0.4, 0.5) is 0 Å². The maximum absolute atomic E-state index is 9.62. The lowest BCUT2D eigenvalue weighted by Crippen LogP contribution is -2.35. The molecule has 0 saturated heterocycles. The molecule has 10 heavy (non-hydrogen) atoms. The monoisotopic (exact) mass is 147 g/mol. The predicted molar refractivity (Wildman–Crippen MR) is 40.8 cm³/mol. The molecule has 0 aromatic rings. The number of methoxy groups -OCH3 is 1. The second-order valence-corrected chi connectivity index (χ2v) is 2.55. The van der Waals surface area contributed by atoms with Crippen molar-refractivity contribution < 1.29 is 9.84 Å². The van der Waals surface area contributed by atoms with E-state index in [4.69, 9.17) is 10.5 Å². The molecular formula is C7H17NO2. The van der Waals surface area contributed by atoms with Gasteiger partial charge >= 0.3 is 0 Å². The molecule has 0 radical (unpaired) electrons. The van der Waals surface area contributed by atoms with E-state index in [1.54, 1.807) is 7.11 Å². The van der Waals surface area contributed by atoms with E-state index in [-0.39, 0.29) is 0 Å². The molecule has 0 fully saturated rings.